The SMILES string of the molecule is CCCCCCCCC=CCCCCCCCCCOCC(COP(=O)(O)OCC[N+](C)(C)C)OC. The molecule has 0 amide bonds. The number of methoxy groups -OCH3 is 1. The molecule has 36 heavy (non-hydrogen) atoms. The van der Waals surface area contributed by atoms with Crippen molar-refractivity contribution < 1.29 is 32.5 Å². The molecule has 0 aromatic heterocycles. The molecule has 0 bridgehead atoms. The lowest BCUT2D eigenvalue weighted by Gasteiger charge is -2.24. The van der Waals surface area contributed by atoms with Crippen molar-refractivity contribution in [3.8, 4) is 0 Å². The first kappa shape index (κ1) is 35.7. The lowest BCUT2D eigenvalue weighted by molar-refractivity contribution is -0.870. The zero-order valence-electron chi connectivity index (χ0n) is 24.3. The van der Waals surface area contributed by atoms with Crippen molar-refractivity contribution in [2.75, 3.05) is 61.2 Å². The Hall–Kier alpha value is -0.270. The summed E-state index contributed by atoms with van der Waals surface area (Å²) >= 11 is 0. The molecule has 0 fully saturated rings. The molecule has 0 aromatic rings. The number of phosphoric acid groups is 1. The van der Waals surface area contributed by atoms with E-state index in [2.05, 4.69) is 19.1 Å². The summed E-state index contributed by atoms with van der Waals surface area (Å²) < 4.78 is 33.7. The monoisotopic (exact) mass is 536 g/mol. The summed E-state index contributed by atoms with van der Waals surface area (Å²) in [6.07, 6.45) is 23.7. The number of phosphoric ester groups is 1. The van der Waals surface area contributed by atoms with Crippen molar-refractivity contribution in [2.24, 2.45) is 0 Å². The van der Waals surface area contributed by atoms with E-state index >= 15 is 0 Å². The smallest absolute Gasteiger partial charge is 0.379 e. The maximum Gasteiger partial charge on any atom is 0.472 e. The second kappa shape index (κ2) is 23.8. The Labute approximate surface area is 223 Å². The molecule has 1 N–H and O–H groups in total. The Morgan fingerprint density at radius 2 is 1.28 bits per heavy atom. The third kappa shape index (κ3) is 26.8. The molecule has 0 saturated carbocycles. The van der Waals surface area contributed by atoms with E-state index < -0.39 is 13.9 Å². The fourth-order valence-corrected chi connectivity index (χ4v) is 4.41. The highest BCUT2D eigenvalue weighted by molar-refractivity contribution is 7.47. The number of ether oxygens (including phenoxy) is 2. The number of unbranched alkanes of at least 4 members (excludes halogenated alkanes) is 13. The summed E-state index contributed by atoms with van der Waals surface area (Å²) in [7, 11) is 3.44. The molecule has 8 heteroatoms. The van der Waals surface area contributed by atoms with Gasteiger partial charge in [0.2, 0.25) is 0 Å². The zero-order chi connectivity index (χ0) is 27.0. The van der Waals surface area contributed by atoms with Gasteiger partial charge in [0.25, 0.3) is 0 Å². The molecule has 0 rings (SSSR count). The van der Waals surface area contributed by atoms with Gasteiger partial charge in [0.15, 0.2) is 0 Å². The van der Waals surface area contributed by atoms with Crippen LogP contribution in [-0.2, 0) is 23.1 Å². The van der Waals surface area contributed by atoms with Gasteiger partial charge in [-0.15, -0.1) is 0 Å². The number of allylic oxidation sites excluding steroid dienone is 2. The van der Waals surface area contributed by atoms with Gasteiger partial charge in [-0.25, -0.2) is 4.57 Å². The van der Waals surface area contributed by atoms with Gasteiger partial charge in [-0.05, 0) is 32.1 Å². The van der Waals surface area contributed by atoms with Gasteiger partial charge >= 0.3 is 7.82 Å². The second-order valence-corrected chi connectivity index (χ2v) is 12.3. The molecule has 0 aliphatic carbocycles. The van der Waals surface area contributed by atoms with Gasteiger partial charge in [0.05, 0.1) is 34.4 Å². The number of hydrogen-bond donors (Lipinski definition) is 1. The maximum absolute atomic E-state index is 12.0. The molecule has 0 heterocycles. The van der Waals surface area contributed by atoms with Crippen molar-refractivity contribution >= 4 is 7.82 Å². The number of nitrogens with zero attached hydrogens (tertiary/aromatic N) is 1. The molecule has 0 aliphatic rings. The standard InChI is InChI=1S/C28H58NO6P/c1-6-7-8-9-10-11-12-13-14-15-16-17-18-19-20-21-22-24-33-26-28(32-5)27-35-36(30,31)34-25-23-29(2,3)4/h13-14,28H,6-12,15-27H2,1-5H3/p+1. The van der Waals surface area contributed by atoms with E-state index in [1.54, 1.807) is 7.11 Å². The normalized spacial score (nSPS) is 14.9. The van der Waals surface area contributed by atoms with Crippen LogP contribution in [0.5, 0.6) is 0 Å². The van der Waals surface area contributed by atoms with Crippen molar-refractivity contribution in [1.82, 2.24) is 0 Å². The van der Waals surface area contributed by atoms with Crippen LogP contribution in [-0.4, -0.2) is 76.7 Å². The number of quaternary nitrogens is 1. The molecule has 2 atom stereocenters. The number of hydrogen-bond acceptors (Lipinski definition) is 5. The highest BCUT2D eigenvalue weighted by Gasteiger charge is 2.24. The summed E-state index contributed by atoms with van der Waals surface area (Å²) in [5.41, 5.74) is 0. The van der Waals surface area contributed by atoms with Crippen molar-refractivity contribution in [3.05, 3.63) is 12.2 Å². The molecule has 7 nitrogen and oxygen atoms in total. The minimum atomic E-state index is -4.07. The van der Waals surface area contributed by atoms with Gasteiger partial charge in [-0.3, -0.25) is 9.05 Å². The van der Waals surface area contributed by atoms with E-state index in [0.717, 1.165) is 12.8 Å². The Balaban J connectivity index is 3.52. The van der Waals surface area contributed by atoms with E-state index in [-0.39, 0.29) is 13.2 Å². The van der Waals surface area contributed by atoms with Crippen LogP contribution in [0.15, 0.2) is 12.2 Å². The zero-order valence-corrected chi connectivity index (χ0v) is 25.2. The van der Waals surface area contributed by atoms with Crippen molar-refractivity contribution in [2.45, 2.75) is 109 Å². The van der Waals surface area contributed by atoms with Crippen LogP contribution >= 0.6 is 7.82 Å². The third-order valence-electron chi connectivity index (χ3n) is 6.13. The van der Waals surface area contributed by atoms with E-state index in [4.69, 9.17) is 18.5 Å². The Morgan fingerprint density at radius 3 is 1.81 bits per heavy atom. The fraction of sp³-hybridized carbons (Fsp3) is 0.929. The molecule has 0 aromatic carbocycles. The minimum Gasteiger partial charge on any atom is -0.379 e. The molecule has 0 saturated heterocycles. The van der Waals surface area contributed by atoms with E-state index in [9.17, 15) is 9.46 Å². The summed E-state index contributed by atoms with van der Waals surface area (Å²) in [5.74, 6) is 0. The van der Waals surface area contributed by atoms with Crippen LogP contribution in [0.1, 0.15) is 103 Å². The highest BCUT2D eigenvalue weighted by atomic mass is 31.2. The summed E-state index contributed by atoms with van der Waals surface area (Å²) in [5, 5.41) is 0. The van der Waals surface area contributed by atoms with E-state index in [0.29, 0.717) is 24.2 Å². The summed E-state index contributed by atoms with van der Waals surface area (Å²) in [4.78, 5) is 9.79. The van der Waals surface area contributed by atoms with Gasteiger partial charge in [0, 0.05) is 13.7 Å². The summed E-state index contributed by atoms with van der Waals surface area (Å²) in [6.45, 7) is 4.00. The van der Waals surface area contributed by atoms with Crippen LogP contribution in [0.4, 0.5) is 0 Å². The number of likely N-dealkylation sites (N-methyl/N-ethyl adjacent to an activating group) is 1. The largest absolute Gasteiger partial charge is 0.472 e. The highest BCUT2D eigenvalue weighted by Crippen LogP contribution is 2.43. The van der Waals surface area contributed by atoms with Gasteiger partial charge in [-0.2, -0.15) is 0 Å². The lowest BCUT2D eigenvalue weighted by Crippen LogP contribution is -2.37. The second-order valence-electron chi connectivity index (χ2n) is 10.8. The average Bonchev–Trinajstić information content (AvgIpc) is 2.81. The van der Waals surface area contributed by atoms with Gasteiger partial charge in [-0.1, -0.05) is 83.3 Å². The Kier molecular flexibility index (Phi) is 23.6. The average molecular weight is 537 g/mol. The van der Waals surface area contributed by atoms with Gasteiger partial charge in [0.1, 0.15) is 19.3 Å². The molecular formula is C28H59NO6P+. The first-order valence-electron chi connectivity index (χ1n) is 14.4. The molecular weight excluding hydrogens is 477 g/mol. The molecule has 0 radical (unpaired) electrons. The van der Waals surface area contributed by atoms with Crippen LogP contribution < -0.4 is 0 Å². The van der Waals surface area contributed by atoms with Crippen LogP contribution in [0.2, 0.25) is 0 Å². The molecule has 0 aliphatic heterocycles. The third-order valence-corrected chi connectivity index (χ3v) is 7.11. The van der Waals surface area contributed by atoms with Crippen LogP contribution in [0, 0.1) is 0 Å². The molecule has 2 unspecified atom stereocenters. The first-order valence-corrected chi connectivity index (χ1v) is 15.9. The minimum absolute atomic E-state index is 0.0388. The Morgan fingerprint density at radius 1 is 0.750 bits per heavy atom. The summed E-state index contributed by atoms with van der Waals surface area (Å²) in [6, 6.07) is 0. The topological polar surface area (TPSA) is 74.2 Å². The molecule has 0 spiro atoms. The lowest BCUT2D eigenvalue weighted by atomic mass is 10.1. The predicted molar refractivity (Wildman–Crippen MR) is 150 cm³/mol. The fourth-order valence-electron chi connectivity index (χ4n) is 3.67. The quantitative estimate of drug-likeness (QED) is 0.0514. The van der Waals surface area contributed by atoms with E-state index in [1.807, 2.05) is 21.1 Å². The first-order chi connectivity index (χ1) is 17.2. The van der Waals surface area contributed by atoms with Crippen LogP contribution in [0.25, 0.3) is 0 Å². The van der Waals surface area contributed by atoms with E-state index in [1.165, 1.54) is 83.5 Å². The van der Waals surface area contributed by atoms with Crippen molar-refractivity contribution in [1.29, 1.82) is 0 Å². The predicted octanol–water partition coefficient (Wildman–Crippen LogP) is 7.29. The van der Waals surface area contributed by atoms with Crippen molar-refractivity contribution in [3.63, 3.8) is 0 Å². The maximum atomic E-state index is 12.0. The van der Waals surface area contributed by atoms with Crippen LogP contribution in [0.3, 0.4) is 0 Å². The number of rotatable bonds is 27. The molecule has 216 valence electrons. The Bertz CT molecular complexity index is 553. The van der Waals surface area contributed by atoms with Gasteiger partial charge < -0.3 is 18.9 Å².